The first-order chi connectivity index (χ1) is 7.83. The van der Waals surface area contributed by atoms with Gasteiger partial charge in [0, 0.05) is 26.1 Å². The Kier molecular flexibility index (Phi) is 6.80. The second-order valence-corrected chi connectivity index (χ2v) is 4.99. The van der Waals surface area contributed by atoms with E-state index in [9.17, 15) is 9.59 Å². The first kappa shape index (κ1) is 15.9. The first-order valence-corrected chi connectivity index (χ1v) is 6.08. The van der Waals surface area contributed by atoms with Crippen molar-refractivity contribution < 1.29 is 9.59 Å². The van der Waals surface area contributed by atoms with Crippen molar-refractivity contribution in [3.63, 3.8) is 0 Å². The fourth-order valence-electron chi connectivity index (χ4n) is 1.52. The molecule has 0 rings (SSSR count). The molecule has 0 fully saturated rings. The SMILES string of the molecule is CCCC(N)CC(=O)NCC(C)(C)C(=O)NC. The van der Waals surface area contributed by atoms with Crippen molar-refractivity contribution in [3.8, 4) is 0 Å². The molecule has 0 aliphatic rings. The Hall–Kier alpha value is -1.10. The maximum absolute atomic E-state index is 11.6. The number of amides is 2. The predicted molar refractivity (Wildman–Crippen MR) is 68.4 cm³/mol. The van der Waals surface area contributed by atoms with E-state index < -0.39 is 5.41 Å². The minimum atomic E-state index is -0.598. The van der Waals surface area contributed by atoms with Crippen molar-refractivity contribution in [2.24, 2.45) is 11.1 Å². The molecule has 0 saturated carbocycles. The quantitative estimate of drug-likeness (QED) is 0.605. The van der Waals surface area contributed by atoms with Crippen LogP contribution in [0.5, 0.6) is 0 Å². The highest BCUT2D eigenvalue weighted by atomic mass is 16.2. The lowest BCUT2D eigenvalue weighted by atomic mass is 9.92. The molecule has 5 nitrogen and oxygen atoms in total. The van der Waals surface area contributed by atoms with Crippen LogP contribution in [0.4, 0.5) is 0 Å². The van der Waals surface area contributed by atoms with Crippen molar-refractivity contribution in [2.45, 2.75) is 46.1 Å². The van der Waals surface area contributed by atoms with Crippen molar-refractivity contribution >= 4 is 11.8 Å². The van der Waals surface area contributed by atoms with Crippen LogP contribution in [0.2, 0.25) is 0 Å². The highest BCUT2D eigenvalue weighted by molar-refractivity contribution is 5.83. The number of hydrogen-bond acceptors (Lipinski definition) is 3. The lowest BCUT2D eigenvalue weighted by Gasteiger charge is -2.23. The van der Waals surface area contributed by atoms with Crippen molar-refractivity contribution in [2.75, 3.05) is 13.6 Å². The molecule has 5 heteroatoms. The lowest BCUT2D eigenvalue weighted by Crippen LogP contribution is -2.44. The minimum absolute atomic E-state index is 0.0874. The summed E-state index contributed by atoms with van der Waals surface area (Å²) >= 11 is 0. The molecule has 0 aromatic rings. The average molecular weight is 243 g/mol. The van der Waals surface area contributed by atoms with Gasteiger partial charge in [-0.15, -0.1) is 0 Å². The van der Waals surface area contributed by atoms with Gasteiger partial charge in [-0.3, -0.25) is 9.59 Å². The molecule has 4 N–H and O–H groups in total. The van der Waals surface area contributed by atoms with Gasteiger partial charge in [-0.25, -0.2) is 0 Å². The van der Waals surface area contributed by atoms with Crippen LogP contribution in [0, 0.1) is 5.41 Å². The van der Waals surface area contributed by atoms with Crippen LogP contribution in [0.15, 0.2) is 0 Å². The number of carbonyl (C=O) groups is 2. The summed E-state index contributed by atoms with van der Waals surface area (Å²) in [6.07, 6.45) is 2.13. The molecule has 1 unspecified atom stereocenters. The van der Waals surface area contributed by atoms with Crippen molar-refractivity contribution in [3.05, 3.63) is 0 Å². The molecule has 0 aliphatic heterocycles. The summed E-state index contributed by atoms with van der Waals surface area (Å²) in [5.41, 5.74) is 5.17. The number of hydrogen-bond donors (Lipinski definition) is 3. The van der Waals surface area contributed by atoms with Gasteiger partial charge in [0.2, 0.25) is 11.8 Å². The van der Waals surface area contributed by atoms with Crippen LogP contribution in [0.25, 0.3) is 0 Å². The van der Waals surface area contributed by atoms with E-state index in [4.69, 9.17) is 5.73 Å². The standard InChI is InChI=1S/C12H25N3O2/c1-5-6-9(13)7-10(16)15-8-12(2,3)11(17)14-4/h9H,5-8,13H2,1-4H3,(H,14,17)(H,15,16). The zero-order valence-electron chi connectivity index (χ0n) is 11.3. The van der Waals surface area contributed by atoms with Crippen molar-refractivity contribution in [1.82, 2.24) is 10.6 Å². The second kappa shape index (κ2) is 7.27. The summed E-state index contributed by atoms with van der Waals surface area (Å²) in [5.74, 6) is -0.182. The molecule has 0 heterocycles. The molecule has 100 valence electrons. The molecule has 0 aromatic heterocycles. The number of rotatable bonds is 7. The maximum Gasteiger partial charge on any atom is 0.227 e. The predicted octanol–water partition coefficient (Wildman–Crippen LogP) is 0.392. The van der Waals surface area contributed by atoms with Crippen LogP contribution in [0.3, 0.4) is 0 Å². The van der Waals surface area contributed by atoms with E-state index in [0.717, 1.165) is 12.8 Å². The van der Waals surface area contributed by atoms with Crippen LogP contribution >= 0.6 is 0 Å². The molecule has 0 radical (unpaired) electrons. The first-order valence-electron chi connectivity index (χ1n) is 6.08. The largest absolute Gasteiger partial charge is 0.359 e. The van der Waals surface area contributed by atoms with E-state index in [-0.39, 0.29) is 17.9 Å². The molecule has 0 saturated heterocycles. The van der Waals surface area contributed by atoms with E-state index in [2.05, 4.69) is 10.6 Å². The third-order valence-electron chi connectivity index (χ3n) is 2.68. The maximum atomic E-state index is 11.6. The Bertz CT molecular complexity index is 264. The Morgan fingerprint density at radius 1 is 1.35 bits per heavy atom. The van der Waals surface area contributed by atoms with E-state index in [1.807, 2.05) is 6.92 Å². The Morgan fingerprint density at radius 2 is 1.94 bits per heavy atom. The van der Waals surface area contributed by atoms with Gasteiger partial charge in [-0.2, -0.15) is 0 Å². The van der Waals surface area contributed by atoms with Crippen molar-refractivity contribution in [1.29, 1.82) is 0 Å². The van der Waals surface area contributed by atoms with Crippen LogP contribution in [-0.4, -0.2) is 31.4 Å². The van der Waals surface area contributed by atoms with Gasteiger partial charge in [-0.05, 0) is 20.3 Å². The molecular formula is C12H25N3O2. The van der Waals surface area contributed by atoms with Gasteiger partial charge in [0.15, 0.2) is 0 Å². The van der Waals surface area contributed by atoms with Gasteiger partial charge in [0.05, 0.1) is 5.41 Å². The van der Waals surface area contributed by atoms with E-state index in [0.29, 0.717) is 13.0 Å². The second-order valence-electron chi connectivity index (χ2n) is 4.99. The van der Waals surface area contributed by atoms with Crippen LogP contribution in [0.1, 0.15) is 40.0 Å². The highest BCUT2D eigenvalue weighted by Crippen LogP contribution is 2.13. The third kappa shape index (κ3) is 6.26. The monoisotopic (exact) mass is 243 g/mol. The normalized spacial score (nSPS) is 13.0. The fourth-order valence-corrected chi connectivity index (χ4v) is 1.52. The fraction of sp³-hybridized carbons (Fsp3) is 0.833. The summed E-state index contributed by atoms with van der Waals surface area (Å²) in [5, 5.41) is 5.32. The topological polar surface area (TPSA) is 84.2 Å². The zero-order chi connectivity index (χ0) is 13.5. The number of nitrogens with two attached hydrogens (primary N) is 1. The van der Waals surface area contributed by atoms with E-state index in [1.54, 1.807) is 20.9 Å². The summed E-state index contributed by atoms with van der Waals surface area (Å²) < 4.78 is 0. The van der Waals surface area contributed by atoms with Gasteiger partial charge in [0.25, 0.3) is 0 Å². The average Bonchev–Trinajstić information content (AvgIpc) is 2.25. The molecule has 17 heavy (non-hydrogen) atoms. The number of carbonyl (C=O) groups excluding carboxylic acids is 2. The molecule has 0 aliphatic carbocycles. The van der Waals surface area contributed by atoms with E-state index >= 15 is 0 Å². The molecular weight excluding hydrogens is 218 g/mol. The van der Waals surface area contributed by atoms with Crippen LogP contribution in [-0.2, 0) is 9.59 Å². The summed E-state index contributed by atoms with van der Waals surface area (Å²) in [7, 11) is 1.59. The minimum Gasteiger partial charge on any atom is -0.359 e. The lowest BCUT2D eigenvalue weighted by molar-refractivity contribution is -0.129. The molecule has 1 atom stereocenters. The summed E-state index contributed by atoms with van der Waals surface area (Å²) in [4.78, 5) is 23.0. The Balaban J connectivity index is 4.03. The molecule has 2 amide bonds. The van der Waals surface area contributed by atoms with Gasteiger partial charge in [-0.1, -0.05) is 13.3 Å². The smallest absolute Gasteiger partial charge is 0.227 e. The van der Waals surface area contributed by atoms with Crippen LogP contribution < -0.4 is 16.4 Å². The van der Waals surface area contributed by atoms with Gasteiger partial charge >= 0.3 is 0 Å². The van der Waals surface area contributed by atoms with E-state index in [1.165, 1.54) is 0 Å². The summed E-state index contributed by atoms with van der Waals surface area (Å²) in [6, 6.07) is -0.0943. The Labute approximate surface area is 104 Å². The van der Waals surface area contributed by atoms with Gasteiger partial charge in [0.1, 0.15) is 0 Å². The third-order valence-corrected chi connectivity index (χ3v) is 2.68. The zero-order valence-corrected chi connectivity index (χ0v) is 11.3. The highest BCUT2D eigenvalue weighted by Gasteiger charge is 2.27. The van der Waals surface area contributed by atoms with Gasteiger partial charge < -0.3 is 16.4 Å². The molecule has 0 spiro atoms. The molecule has 0 bridgehead atoms. The number of nitrogens with one attached hydrogen (secondary N) is 2. The molecule has 0 aromatic carbocycles. The Morgan fingerprint density at radius 3 is 2.41 bits per heavy atom. The summed E-state index contributed by atoms with van der Waals surface area (Å²) in [6.45, 7) is 5.94.